The molecule has 1 heterocycles. The highest BCUT2D eigenvalue weighted by atomic mass is 16.6. The number of ether oxygens (including phenoxy) is 3. The quantitative estimate of drug-likeness (QED) is 0.722. The summed E-state index contributed by atoms with van der Waals surface area (Å²) in [4.78, 5) is 14.2. The first-order valence-electron chi connectivity index (χ1n) is 9.26. The molecule has 1 aromatic carbocycles. The third-order valence-electron chi connectivity index (χ3n) is 3.97. The zero-order chi connectivity index (χ0) is 19.9. The molecule has 1 amide bonds. The summed E-state index contributed by atoms with van der Waals surface area (Å²) < 4.78 is 16.5. The maximum atomic E-state index is 11.8. The van der Waals surface area contributed by atoms with Crippen molar-refractivity contribution in [1.29, 1.82) is 0 Å². The lowest BCUT2D eigenvalue weighted by Crippen LogP contribution is -2.33. The third-order valence-corrected chi connectivity index (χ3v) is 3.97. The largest absolute Gasteiger partial charge is 0.493 e. The number of likely N-dealkylation sites (tertiary alicyclic amines) is 1. The number of nitrogens with zero attached hydrogens (tertiary/aromatic N) is 1. The molecule has 0 unspecified atom stereocenters. The van der Waals surface area contributed by atoms with Gasteiger partial charge in [0.2, 0.25) is 0 Å². The molecule has 2 N–H and O–H groups in total. The van der Waals surface area contributed by atoms with Crippen molar-refractivity contribution in [1.82, 2.24) is 10.2 Å². The number of hydrogen-bond acceptors (Lipinski definition) is 6. The van der Waals surface area contributed by atoms with E-state index in [9.17, 15) is 4.79 Å². The van der Waals surface area contributed by atoms with Crippen molar-refractivity contribution in [3.05, 3.63) is 30.6 Å². The molecule has 1 aliphatic rings. The molecule has 0 spiro atoms. The molecule has 0 radical (unpaired) electrons. The summed E-state index contributed by atoms with van der Waals surface area (Å²) in [6.45, 7) is 13.0. The Hall–Kier alpha value is -2.41. The molecule has 1 fully saturated rings. The topological polar surface area (TPSA) is 72.1 Å². The number of hydrogen-bond donors (Lipinski definition) is 2. The van der Waals surface area contributed by atoms with Gasteiger partial charge >= 0.3 is 6.09 Å². The highest BCUT2D eigenvalue weighted by Gasteiger charge is 2.17. The fourth-order valence-electron chi connectivity index (χ4n) is 2.79. The van der Waals surface area contributed by atoms with Crippen molar-refractivity contribution in [3.8, 4) is 11.5 Å². The molecule has 0 aromatic heterocycles. The predicted molar refractivity (Wildman–Crippen MR) is 106 cm³/mol. The SMILES string of the molecule is C=C(NC(=O)OC(C)(C)C)Nc1ccc(OCCN2CCCC2)c(OC)c1. The monoisotopic (exact) mass is 377 g/mol. The lowest BCUT2D eigenvalue weighted by molar-refractivity contribution is 0.0547. The van der Waals surface area contributed by atoms with E-state index in [1.54, 1.807) is 33.9 Å². The Labute approximate surface area is 161 Å². The van der Waals surface area contributed by atoms with Crippen molar-refractivity contribution in [2.45, 2.75) is 39.2 Å². The molecule has 150 valence electrons. The summed E-state index contributed by atoms with van der Waals surface area (Å²) in [5.41, 5.74) is 0.154. The number of carbonyl (C=O) groups excluding carboxylic acids is 1. The summed E-state index contributed by atoms with van der Waals surface area (Å²) >= 11 is 0. The predicted octanol–water partition coefficient (Wildman–Crippen LogP) is 3.58. The number of nitrogens with one attached hydrogen (secondary N) is 2. The van der Waals surface area contributed by atoms with Gasteiger partial charge in [-0.25, -0.2) is 4.79 Å². The number of methoxy groups -OCH3 is 1. The number of amides is 1. The van der Waals surface area contributed by atoms with E-state index in [2.05, 4.69) is 22.1 Å². The van der Waals surface area contributed by atoms with Crippen LogP contribution < -0.4 is 20.1 Å². The van der Waals surface area contributed by atoms with Crippen molar-refractivity contribution < 1.29 is 19.0 Å². The Bertz CT molecular complexity index is 649. The molecule has 0 bridgehead atoms. The molecule has 7 nitrogen and oxygen atoms in total. The first-order valence-corrected chi connectivity index (χ1v) is 9.26. The Morgan fingerprint density at radius 1 is 1.22 bits per heavy atom. The maximum absolute atomic E-state index is 11.8. The Morgan fingerprint density at radius 3 is 2.56 bits per heavy atom. The summed E-state index contributed by atoms with van der Waals surface area (Å²) in [5, 5.41) is 5.57. The van der Waals surface area contributed by atoms with E-state index in [-0.39, 0.29) is 0 Å². The van der Waals surface area contributed by atoms with E-state index in [0.29, 0.717) is 23.9 Å². The maximum Gasteiger partial charge on any atom is 0.413 e. The van der Waals surface area contributed by atoms with Crippen molar-refractivity contribution in [3.63, 3.8) is 0 Å². The van der Waals surface area contributed by atoms with Gasteiger partial charge in [0, 0.05) is 18.3 Å². The molecular weight excluding hydrogens is 346 g/mol. The van der Waals surface area contributed by atoms with Gasteiger partial charge in [-0.05, 0) is 58.8 Å². The lowest BCUT2D eigenvalue weighted by Gasteiger charge is -2.21. The van der Waals surface area contributed by atoms with Crippen LogP contribution in [-0.2, 0) is 4.74 Å². The normalized spacial score (nSPS) is 14.5. The summed E-state index contributed by atoms with van der Waals surface area (Å²) in [6, 6.07) is 5.48. The van der Waals surface area contributed by atoms with Gasteiger partial charge in [0.1, 0.15) is 18.0 Å². The Balaban J connectivity index is 1.86. The van der Waals surface area contributed by atoms with Crippen LogP contribution >= 0.6 is 0 Å². The van der Waals surface area contributed by atoms with Crippen LogP contribution in [0.15, 0.2) is 30.6 Å². The van der Waals surface area contributed by atoms with Crippen molar-refractivity contribution in [2.75, 3.05) is 38.7 Å². The Morgan fingerprint density at radius 2 is 1.93 bits per heavy atom. The van der Waals surface area contributed by atoms with E-state index in [1.165, 1.54) is 12.8 Å². The van der Waals surface area contributed by atoms with Crippen LogP contribution in [0, 0.1) is 0 Å². The van der Waals surface area contributed by atoms with E-state index in [4.69, 9.17) is 14.2 Å². The van der Waals surface area contributed by atoms with Crippen LogP contribution in [0.25, 0.3) is 0 Å². The highest BCUT2D eigenvalue weighted by Crippen LogP contribution is 2.30. The second kappa shape index (κ2) is 9.50. The van der Waals surface area contributed by atoms with Crippen LogP contribution in [0.3, 0.4) is 0 Å². The first kappa shape index (κ1) is 20.9. The zero-order valence-electron chi connectivity index (χ0n) is 16.8. The molecule has 1 saturated heterocycles. The highest BCUT2D eigenvalue weighted by molar-refractivity contribution is 5.71. The average Bonchev–Trinajstić information content (AvgIpc) is 3.07. The molecular formula is C20H31N3O4. The molecule has 1 aromatic rings. The van der Waals surface area contributed by atoms with Gasteiger partial charge in [-0.1, -0.05) is 6.58 Å². The standard InChI is InChI=1S/C20H31N3O4/c1-15(22-19(24)27-20(2,3)4)21-16-8-9-17(18(14-16)25-5)26-13-12-23-10-6-7-11-23/h8-9,14,21H,1,6-7,10-13H2,2-5H3,(H,22,24). The number of rotatable bonds is 8. The van der Waals surface area contributed by atoms with Crippen LogP contribution in [0.2, 0.25) is 0 Å². The van der Waals surface area contributed by atoms with Crippen LogP contribution in [0.1, 0.15) is 33.6 Å². The summed E-state index contributed by atoms with van der Waals surface area (Å²) in [5.74, 6) is 1.62. The molecule has 0 atom stereocenters. The van der Waals surface area contributed by atoms with Crippen molar-refractivity contribution >= 4 is 11.8 Å². The van der Waals surface area contributed by atoms with Crippen molar-refractivity contribution in [2.24, 2.45) is 0 Å². The molecule has 7 heteroatoms. The molecule has 0 saturated carbocycles. The van der Waals surface area contributed by atoms with Crippen LogP contribution in [0.5, 0.6) is 11.5 Å². The molecule has 1 aliphatic heterocycles. The number of anilines is 1. The van der Waals surface area contributed by atoms with E-state index < -0.39 is 11.7 Å². The van der Waals surface area contributed by atoms with Gasteiger partial charge in [0.05, 0.1) is 7.11 Å². The van der Waals surface area contributed by atoms with Gasteiger partial charge in [-0.15, -0.1) is 0 Å². The minimum absolute atomic E-state index is 0.314. The minimum atomic E-state index is -0.568. The fourth-order valence-corrected chi connectivity index (χ4v) is 2.79. The number of benzene rings is 1. The zero-order valence-corrected chi connectivity index (χ0v) is 16.8. The second-order valence-electron chi connectivity index (χ2n) is 7.49. The van der Waals surface area contributed by atoms with Crippen LogP contribution in [0.4, 0.5) is 10.5 Å². The average molecular weight is 377 g/mol. The minimum Gasteiger partial charge on any atom is -0.493 e. The van der Waals surface area contributed by atoms with Gasteiger partial charge in [0.25, 0.3) is 0 Å². The van der Waals surface area contributed by atoms with E-state index >= 15 is 0 Å². The summed E-state index contributed by atoms with van der Waals surface area (Å²) in [6.07, 6.45) is 1.98. The van der Waals surface area contributed by atoms with Gasteiger partial charge in [0.15, 0.2) is 11.5 Å². The lowest BCUT2D eigenvalue weighted by atomic mass is 10.2. The summed E-state index contributed by atoms with van der Waals surface area (Å²) in [7, 11) is 1.60. The first-order chi connectivity index (χ1) is 12.8. The number of alkyl carbamates (subject to hydrolysis) is 1. The van der Waals surface area contributed by atoms with Gasteiger partial charge in [-0.2, -0.15) is 0 Å². The number of carbonyl (C=O) groups is 1. The van der Waals surface area contributed by atoms with Gasteiger partial charge < -0.3 is 19.5 Å². The Kier molecular flexibility index (Phi) is 7.36. The van der Waals surface area contributed by atoms with E-state index in [0.717, 1.165) is 25.3 Å². The van der Waals surface area contributed by atoms with Gasteiger partial charge in [-0.3, -0.25) is 10.2 Å². The second-order valence-corrected chi connectivity index (χ2v) is 7.49. The molecule has 2 rings (SSSR count). The third kappa shape index (κ3) is 7.38. The fraction of sp³-hybridized carbons (Fsp3) is 0.550. The smallest absolute Gasteiger partial charge is 0.413 e. The molecule has 27 heavy (non-hydrogen) atoms. The van der Waals surface area contributed by atoms with E-state index in [1.807, 2.05) is 12.1 Å². The van der Waals surface area contributed by atoms with Crippen LogP contribution in [-0.4, -0.2) is 49.9 Å². The molecule has 0 aliphatic carbocycles.